The molecule has 1 aromatic carbocycles. The lowest BCUT2D eigenvalue weighted by Gasteiger charge is -2.31. The van der Waals surface area contributed by atoms with E-state index < -0.39 is 17.8 Å². The summed E-state index contributed by atoms with van der Waals surface area (Å²) in [5, 5.41) is 3.17. The van der Waals surface area contributed by atoms with Crippen LogP contribution in [-0.4, -0.2) is 30.1 Å². The molecule has 110 valence electrons. The Balaban J connectivity index is 1.90. The number of nitrogens with zero attached hydrogens (tertiary/aromatic N) is 1. The van der Waals surface area contributed by atoms with Crippen LogP contribution in [0.15, 0.2) is 24.3 Å². The van der Waals surface area contributed by atoms with Crippen LogP contribution in [0, 0.1) is 0 Å². The monoisotopic (exact) mass is 287 g/mol. The second kappa shape index (κ2) is 5.60. The van der Waals surface area contributed by atoms with Crippen molar-refractivity contribution in [2.24, 2.45) is 5.73 Å². The number of primary amides is 1. The van der Waals surface area contributed by atoms with Gasteiger partial charge in [-0.2, -0.15) is 13.2 Å². The molecule has 1 heterocycles. The predicted molar refractivity (Wildman–Crippen MR) is 69.2 cm³/mol. The third kappa shape index (κ3) is 3.55. The summed E-state index contributed by atoms with van der Waals surface area (Å²) < 4.78 is 37.3. The fraction of sp³-hybridized carbons (Fsp3) is 0.462. The summed E-state index contributed by atoms with van der Waals surface area (Å²) in [6, 6.07) is 4.66. The number of hydrogen-bond donors (Lipinski definition) is 2. The zero-order chi connectivity index (χ0) is 14.8. The van der Waals surface area contributed by atoms with Crippen LogP contribution in [0.3, 0.4) is 0 Å². The summed E-state index contributed by atoms with van der Waals surface area (Å²) in [6.45, 7) is 1.13. The third-order valence-electron chi connectivity index (χ3n) is 3.39. The smallest absolute Gasteiger partial charge is 0.382 e. The number of carbonyl (C=O) groups excluding carboxylic acids is 1. The Kier molecular flexibility index (Phi) is 4.06. The van der Waals surface area contributed by atoms with Gasteiger partial charge in [-0.1, -0.05) is 0 Å². The zero-order valence-corrected chi connectivity index (χ0v) is 10.8. The van der Waals surface area contributed by atoms with E-state index in [2.05, 4.69) is 5.32 Å². The van der Waals surface area contributed by atoms with E-state index in [1.54, 1.807) is 4.90 Å². The highest BCUT2D eigenvalue weighted by atomic mass is 19.4. The standard InChI is InChI=1S/C13H16F3N3O/c14-13(15,16)9-1-3-10(4-2-9)18-11-5-7-19(8-6-11)12(17)20/h1-4,11,18H,5-8H2,(H2,17,20). The minimum atomic E-state index is -4.31. The number of likely N-dealkylation sites (tertiary alicyclic amines) is 1. The Morgan fingerprint density at radius 3 is 2.20 bits per heavy atom. The Morgan fingerprint density at radius 2 is 1.75 bits per heavy atom. The lowest BCUT2D eigenvalue weighted by atomic mass is 10.0. The number of nitrogens with one attached hydrogen (secondary N) is 1. The van der Waals surface area contributed by atoms with Gasteiger partial charge in [0.05, 0.1) is 5.56 Å². The average Bonchev–Trinajstić information content (AvgIpc) is 2.39. The first-order valence-corrected chi connectivity index (χ1v) is 6.34. The average molecular weight is 287 g/mol. The first-order chi connectivity index (χ1) is 9.36. The molecule has 1 aliphatic heterocycles. The van der Waals surface area contributed by atoms with Crippen molar-refractivity contribution >= 4 is 11.7 Å². The van der Waals surface area contributed by atoms with Gasteiger partial charge < -0.3 is 16.0 Å². The fourth-order valence-corrected chi connectivity index (χ4v) is 2.24. The number of piperidine rings is 1. The molecule has 0 unspecified atom stereocenters. The van der Waals surface area contributed by atoms with Crippen LogP contribution in [-0.2, 0) is 6.18 Å². The van der Waals surface area contributed by atoms with Crippen molar-refractivity contribution in [2.75, 3.05) is 18.4 Å². The van der Waals surface area contributed by atoms with E-state index in [1.807, 2.05) is 0 Å². The summed E-state index contributed by atoms with van der Waals surface area (Å²) in [6.07, 6.45) is -2.86. The number of benzene rings is 1. The molecule has 1 fully saturated rings. The Labute approximate surface area is 114 Å². The number of hydrogen-bond acceptors (Lipinski definition) is 2. The van der Waals surface area contributed by atoms with Crippen LogP contribution in [0.25, 0.3) is 0 Å². The molecule has 0 aromatic heterocycles. The van der Waals surface area contributed by atoms with Gasteiger partial charge in [0.1, 0.15) is 0 Å². The molecule has 0 aliphatic carbocycles. The number of carbonyl (C=O) groups is 1. The normalized spacial score (nSPS) is 17.1. The number of halogens is 3. The summed E-state index contributed by atoms with van der Waals surface area (Å²) >= 11 is 0. The Morgan fingerprint density at radius 1 is 1.20 bits per heavy atom. The first kappa shape index (κ1) is 14.5. The van der Waals surface area contributed by atoms with Crippen LogP contribution >= 0.6 is 0 Å². The van der Waals surface area contributed by atoms with Crippen molar-refractivity contribution in [3.8, 4) is 0 Å². The topological polar surface area (TPSA) is 58.4 Å². The largest absolute Gasteiger partial charge is 0.416 e. The quantitative estimate of drug-likeness (QED) is 0.878. The minimum Gasteiger partial charge on any atom is -0.382 e. The fourth-order valence-electron chi connectivity index (χ4n) is 2.24. The molecule has 0 bridgehead atoms. The van der Waals surface area contributed by atoms with Crippen molar-refractivity contribution in [3.63, 3.8) is 0 Å². The van der Waals surface area contributed by atoms with Crippen LogP contribution < -0.4 is 11.1 Å². The van der Waals surface area contributed by atoms with E-state index in [4.69, 9.17) is 5.73 Å². The maximum atomic E-state index is 12.4. The number of alkyl halides is 3. The summed E-state index contributed by atoms with van der Waals surface area (Å²) in [5.41, 5.74) is 5.17. The predicted octanol–water partition coefficient (Wildman–Crippen LogP) is 2.66. The van der Waals surface area contributed by atoms with E-state index in [0.717, 1.165) is 25.0 Å². The number of nitrogens with two attached hydrogens (primary N) is 1. The lowest BCUT2D eigenvalue weighted by Crippen LogP contribution is -2.44. The van der Waals surface area contributed by atoms with E-state index >= 15 is 0 Å². The second-order valence-corrected chi connectivity index (χ2v) is 4.82. The summed E-state index contributed by atoms with van der Waals surface area (Å²) in [7, 11) is 0. The highest BCUT2D eigenvalue weighted by molar-refractivity contribution is 5.72. The molecule has 20 heavy (non-hydrogen) atoms. The molecular formula is C13H16F3N3O. The molecule has 0 atom stereocenters. The first-order valence-electron chi connectivity index (χ1n) is 6.34. The maximum absolute atomic E-state index is 12.4. The molecule has 2 amide bonds. The molecule has 1 aromatic rings. The molecule has 4 nitrogen and oxygen atoms in total. The molecule has 1 saturated heterocycles. The van der Waals surface area contributed by atoms with Gasteiger partial charge in [0.25, 0.3) is 0 Å². The molecule has 2 rings (SSSR count). The summed E-state index contributed by atoms with van der Waals surface area (Å²) in [4.78, 5) is 12.5. The maximum Gasteiger partial charge on any atom is 0.416 e. The van der Waals surface area contributed by atoms with Crippen molar-refractivity contribution in [1.82, 2.24) is 4.90 Å². The SMILES string of the molecule is NC(=O)N1CCC(Nc2ccc(C(F)(F)F)cc2)CC1. The van der Waals surface area contributed by atoms with Gasteiger partial charge in [-0.05, 0) is 37.1 Å². The molecule has 7 heteroatoms. The molecule has 0 spiro atoms. The van der Waals surface area contributed by atoms with Crippen LogP contribution in [0.5, 0.6) is 0 Å². The number of rotatable bonds is 2. The summed E-state index contributed by atoms with van der Waals surface area (Å²) in [5.74, 6) is 0. The van der Waals surface area contributed by atoms with Gasteiger partial charge in [-0.15, -0.1) is 0 Å². The van der Waals surface area contributed by atoms with Crippen molar-refractivity contribution in [3.05, 3.63) is 29.8 Å². The van der Waals surface area contributed by atoms with Gasteiger partial charge in [-0.25, -0.2) is 4.79 Å². The molecular weight excluding hydrogens is 271 g/mol. The molecule has 0 saturated carbocycles. The highest BCUT2D eigenvalue weighted by Gasteiger charge is 2.30. The van der Waals surface area contributed by atoms with Gasteiger partial charge in [-0.3, -0.25) is 0 Å². The van der Waals surface area contributed by atoms with Crippen molar-refractivity contribution in [1.29, 1.82) is 0 Å². The van der Waals surface area contributed by atoms with E-state index in [-0.39, 0.29) is 6.04 Å². The second-order valence-electron chi connectivity index (χ2n) is 4.82. The van der Waals surface area contributed by atoms with Crippen LogP contribution in [0.2, 0.25) is 0 Å². The number of urea groups is 1. The minimum absolute atomic E-state index is 0.141. The number of amides is 2. The Bertz CT molecular complexity index is 465. The van der Waals surface area contributed by atoms with Gasteiger partial charge in [0, 0.05) is 24.8 Å². The van der Waals surface area contributed by atoms with Crippen molar-refractivity contribution in [2.45, 2.75) is 25.1 Å². The zero-order valence-electron chi connectivity index (χ0n) is 10.8. The van der Waals surface area contributed by atoms with Crippen LogP contribution in [0.1, 0.15) is 18.4 Å². The molecule has 0 radical (unpaired) electrons. The lowest BCUT2D eigenvalue weighted by molar-refractivity contribution is -0.137. The van der Waals surface area contributed by atoms with Gasteiger partial charge in [0.15, 0.2) is 0 Å². The third-order valence-corrected chi connectivity index (χ3v) is 3.39. The highest BCUT2D eigenvalue weighted by Crippen LogP contribution is 2.30. The van der Waals surface area contributed by atoms with E-state index in [1.165, 1.54) is 12.1 Å². The van der Waals surface area contributed by atoms with E-state index in [9.17, 15) is 18.0 Å². The van der Waals surface area contributed by atoms with Gasteiger partial charge >= 0.3 is 12.2 Å². The molecule has 1 aliphatic rings. The van der Waals surface area contributed by atoms with Crippen molar-refractivity contribution < 1.29 is 18.0 Å². The van der Waals surface area contributed by atoms with Crippen LogP contribution in [0.4, 0.5) is 23.7 Å². The number of anilines is 1. The molecule has 3 N–H and O–H groups in total. The van der Waals surface area contributed by atoms with E-state index in [0.29, 0.717) is 18.8 Å². The Hall–Kier alpha value is -1.92. The van der Waals surface area contributed by atoms with Gasteiger partial charge in [0.2, 0.25) is 0 Å².